The molecule has 0 bridgehead atoms. The van der Waals surface area contributed by atoms with Crippen LogP contribution in [0, 0.1) is 0 Å². The Balaban J connectivity index is 2.46. The van der Waals surface area contributed by atoms with Gasteiger partial charge >= 0.3 is 0 Å². The second-order valence-corrected chi connectivity index (χ2v) is 3.05. The third-order valence-corrected chi connectivity index (χ3v) is 2.17. The van der Waals surface area contributed by atoms with Gasteiger partial charge in [-0.25, -0.2) is 0 Å². The molecule has 0 saturated heterocycles. The minimum Gasteiger partial charge on any atom is -0.497 e. The second-order valence-electron chi connectivity index (χ2n) is 3.05. The Morgan fingerprint density at radius 3 is 2.71 bits per heavy atom. The minimum absolute atomic E-state index is 0.726. The molecule has 3 N–H and O–H groups in total. The highest BCUT2D eigenvalue weighted by Crippen LogP contribution is 2.28. The van der Waals surface area contributed by atoms with E-state index in [2.05, 4.69) is 4.98 Å². The molecule has 72 valence electrons. The lowest BCUT2D eigenvalue weighted by molar-refractivity contribution is 0.415. The number of nitrogens with one attached hydrogen (secondary N) is 1. The first-order chi connectivity index (χ1) is 6.81. The van der Waals surface area contributed by atoms with E-state index in [1.807, 2.05) is 36.7 Å². The highest BCUT2D eigenvalue weighted by atomic mass is 16.5. The van der Waals surface area contributed by atoms with Crippen molar-refractivity contribution >= 4 is 5.69 Å². The van der Waals surface area contributed by atoms with Crippen LogP contribution in [0.5, 0.6) is 5.75 Å². The smallest absolute Gasteiger partial charge is 0.120 e. The Morgan fingerprint density at radius 1 is 1.29 bits per heavy atom. The van der Waals surface area contributed by atoms with Gasteiger partial charge in [-0.05, 0) is 18.2 Å². The molecule has 3 heteroatoms. The lowest BCUT2D eigenvalue weighted by Crippen LogP contribution is -1.91. The van der Waals surface area contributed by atoms with Crippen molar-refractivity contribution in [2.24, 2.45) is 0 Å². The van der Waals surface area contributed by atoms with Crippen LogP contribution in [0.3, 0.4) is 0 Å². The molecule has 0 saturated carbocycles. The molecule has 0 aliphatic carbocycles. The van der Waals surface area contributed by atoms with Crippen LogP contribution in [0.25, 0.3) is 11.1 Å². The molecule has 0 amide bonds. The first kappa shape index (κ1) is 8.69. The number of H-pyrrole nitrogens is 1. The molecule has 2 aromatic rings. The van der Waals surface area contributed by atoms with Crippen LogP contribution >= 0.6 is 0 Å². The summed E-state index contributed by atoms with van der Waals surface area (Å²) in [6.45, 7) is 0. The predicted octanol–water partition coefficient (Wildman–Crippen LogP) is 2.27. The van der Waals surface area contributed by atoms with E-state index in [1.165, 1.54) is 0 Å². The van der Waals surface area contributed by atoms with E-state index in [0.717, 1.165) is 22.6 Å². The van der Waals surface area contributed by atoms with Crippen LogP contribution in [0.15, 0.2) is 36.7 Å². The lowest BCUT2D eigenvalue weighted by Gasteiger charge is -2.05. The average molecular weight is 188 g/mol. The monoisotopic (exact) mass is 188 g/mol. The fraction of sp³-hybridized carbons (Fsp3) is 0.0909. The van der Waals surface area contributed by atoms with Crippen molar-refractivity contribution in [1.82, 2.24) is 4.98 Å². The molecule has 14 heavy (non-hydrogen) atoms. The second kappa shape index (κ2) is 3.46. The number of hydrogen-bond acceptors (Lipinski definition) is 2. The van der Waals surface area contributed by atoms with Gasteiger partial charge in [-0.15, -0.1) is 0 Å². The molecular weight excluding hydrogens is 176 g/mol. The van der Waals surface area contributed by atoms with Crippen molar-refractivity contribution in [2.45, 2.75) is 0 Å². The average Bonchev–Trinajstić information content (AvgIpc) is 2.70. The van der Waals surface area contributed by atoms with Gasteiger partial charge < -0.3 is 15.5 Å². The summed E-state index contributed by atoms with van der Waals surface area (Å²) < 4.78 is 5.08. The predicted molar refractivity (Wildman–Crippen MR) is 57.2 cm³/mol. The number of methoxy groups -OCH3 is 1. The molecule has 0 fully saturated rings. The quantitative estimate of drug-likeness (QED) is 0.710. The number of ether oxygens (including phenoxy) is 1. The maximum atomic E-state index is 5.89. The largest absolute Gasteiger partial charge is 0.497 e. The van der Waals surface area contributed by atoms with Crippen molar-refractivity contribution in [3.05, 3.63) is 36.7 Å². The van der Waals surface area contributed by atoms with Gasteiger partial charge in [0.1, 0.15) is 5.75 Å². The number of nitrogen functional groups attached to an aromatic ring is 1. The molecule has 1 aromatic carbocycles. The molecule has 1 heterocycles. The Labute approximate surface area is 82.5 Å². The van der Waals surface area contributed by atoms with Gasteiger partial charge in [-0.2, -0.15) is 0 Å². The van der Waals surface area contributed by atoms with Crippen molar-refractivity contribution in [2.75, 3.05) is 12.8 Å². The van der Waals surface area contributed by atoms with Gasteiger partial charge in [0.25, 0.3) is 0 Å². The van der Waals surface area contributed by atoms with Crippen LogP contribution in [0.4, 0.5) is 5.69 Å². The van der Waals surface area contributed by atoms with Gasteiger partial charge in [-0.3, -0.25) is 0 Å². The highest BCUT2D eigenvalue weighted by molar-refractivity contribution is 5.76. The SMILES string of the molecule is COc1ccc(-c2cc[nH]c2)c(N)c1. The summed E-state index contributed by atoms with van der Waals surface area (Å²) in [6.07, 6.45) is 3.79. The molecule has 0 aliphatic heterocycles. The van der Waals surface area contributed by atoms with Gasteiger partial charge in [0, 0.05) is 35.3 Å². The number of rotatable bonds is 2. The number of anilines is 1. The Hall–Kier alpha value is -1.90. The first-order valence-corrected chi connectivity index (χ1v) is 4.38. The first-order valence-electron chi connectivity index (χ1n) is 4.38. The van der Waals surface area contributed by atoms with Crippen LogP contribution in [0.1, 0.15) is 0 Å². The van der Waals surface area contributed by atoms with Gasteiger partial charge in [-0.1, -0.05) is 0 Å². The zero-order valence-electron chi connectivity index (χ0n) is 7.95. The molecule has 0 atom stereocenters. The summed E-state index contributed by atoms with van der Waals surface area (Å²) in [5.74, 6) is 0.779. The summed E-state index contributed by atoms with van der Waals surface area (Å²) in [7, 11) is 1.63. The lowest BCUT2D eigenvalue weighted by atomic mass is 10.1. The minimum atomic E-state index is 0.726. The number of aromatic nitrogens is 1. The summed E-state index contributed by atoms with van der Waals surface area (Å²) in [4.78, 5) is 3.00. The highest BCUT2D eigenvalue weighted by Gasteiger charge is 2.03. The summed E-state index contributed by atoms with van der Waals surface area (Å²) >= 11 is 0. The molecular formula is C11H12N2O. The number of benzene rings is 1. The molecule has 3 nitrogen and oxygen atoms in total. The fourth-order valence-corrected chi connectivity index (χ4v) is 1.42. The summed E-state index contributed by atoms with van der Waals surface area (Å²) in [6, 6.07) is 7.66. The number of nitrogens with two attached hydrogens (primary N) is 1. The van der Waals surface area contributed by atoms with Crippen molar-refractivity contribution in [3.8, 4) is 16.9 Å². The Kier molecular flexibility index (Phi) is 2.14. The fourth-order valence-electron chi connectivity index (χ4n) is 1.42. The zero-order valence-corrected chi connectivity index (χ0v) is 7.95. The molecule has 0 aliphatic rings. The normalized spacial score (nSPS) is 10.1. The van der Waals surface area contributed by atoms with E-state index in [4.69, 9.17) is 10.5 Å². The van der Waals surface area contributed by atoms with Gasteiger partial charge in [0.05, 0.1) is 7.11 Å². The van der Waals surface area contributed by atoms with E-state index in [1.54, 1.807) is 7.11 Å². The Bertz CT molecular complexity index is 421. The molecule has 0 spiro atoms. The molecule has 2 rings (SSSR count). The maximum Gasteiger partial charge on any atom is 0.120 e. The summed E-state index contributed by atoms with van der Waals surface area (Å²) in [5, 5.41) is 0. The van der Waals surface area contributed by atoms with E-state index in [-0.39, 0.29) is 0 Å². The molecule has 0 radical (unpaired) electrons. The third kappa shape index (κ3) is 1.44. The van der Waals surface area contributed by atoms with E-state index in [9.17, 15) is 0 Å². The van der Waals surface area contributed by atoms with Crippen molar-refractivity contribution in [1.29, 1.82) is 0 Å². The number of hydrogen-bond donors (Lipinski definition) is 2. The van der Waals surface area contributed by atoms with E-state index in [0.29, 0.717) is 0 Å². The van der Waals surface area contributed by atoms with E-state index < -0.39 is 0 Å². The van der Waals surface area contributed by atoms with Gasteiger partial charge in [0.15, 0.2) is 0 Å². The zero-order chi connectivity index (χ0) is 9.97. The van der Waals surface area contributed by atoms with Crippen molar-refractivity contribution < 1.29 is 4.74 Å². The number of aromatic amines is 1. The van der Waals surface area contributed by atoms with Gasteiger partial charge in [0.2, 0.25) is 0 Å². The molecule has 1 aromatic heterocycles. The van der Waals surface area contributed by atoms with Crippen molar-refractivity contribution in [3.63, 3.8) is 0 Å². The van der Waals surface area contributed by atoms with Crippen LogP contribution in [-0.4, -0.2) is 12.1 Å². The topological polar surface area (TPSA) is 51.0 Å². The van der Waals surface area contributed by atoms with E-state index >= 15 is 0 Å². The Morgan fingerprint density at radius 2 is 2.14 bits per heavy atom. The van der Waals surface area contributed by atoms with Crippen LogP contribution in [-0.2, 0) is 0 Å². The van der Waals surface area contributed by atoms with Crippen LogP contribution < -0.4 is 10.5 Å². The van der Waals surface area contributed by atoms with Crippen LogP contribution in [0.2, 0.25) is 0 Å². The maximum absolute atomic E-state index is 5.89. The molecule has 0 unspecified atom stereocenters. The third-order valence-electron chi connectivity index (χ3n) is 2.17. The standard InChI is InChI=1S/C11H12N2O/c1-14-9-2-3-10(11(12)6-9)8-4-5-13-7-8/h2-7,13H,12H2,1H3. The summed E-state index contributed by atoms with van der Waals surface area (Å²) in [5.41, 5.74) is 8.73.